The highest BCUT2D eigenvalue weighted by Gasteiger charge is 2.34. The molecule has 0 aliphatic heterocycles. The highest BCUT2D eigenvalue weighted by atomic mass is 35.5. The van der Waals surface area contributed by atoms with Crippen LogP contribution in [0, 0.1) is 0 Å². The van der Waals surface area contributed by atoms with Gasteiger partial charge in [0.05, 0.1) is 17.9 Å². The van der Waals surface area contributed by atoms with Gasteiger partial charge in [-0.05, 0) is 18.9 Å². The quantitative estimate of drug-likeness (QED) is 0.853. The molecule has 1 fully saturated rings. The average molecular weight is 383 g/mol. The van der Waals surface area contributed by atoms with Crippen LogP contribution in [0.15, 0.2) is 12.4 Å². The van der Waals surface area contributed by atoms with Crippen LogP contribution in [0.25, 0.3) is 10.2 Å². The van der Waals surface area contributed by atoms with E-state index in [1.165, 1.54) is 12.4 Å². The fraction of sp³-hybridized carbons (Fsp3) is 0.571. The van der Waals surface area contributed by atoms with E-state index >= 15 is 0 Å². The number of nitrogens with zero attached hydrogens (tertiary/aromatic N) is 3. The molecule has 24 heavy (non-hydrogen) atoms. The number of fused-ring (bicyclic) bond motifs is 1. The van der Waals surface area contributed by atoms with E-state index in [0.717, 1.165) is 11.3 Å². The van der Waals surface area contributed by atoms with Gasteiger partial charge in [-0.25, -0.2) is 9.97 Å². The summed E-state index contributed by atoms with van der Waals surface area (Å²) in [5.41, 5.74) is 5.84. The summed E-state index contributed by atoms with van der Waals surface area (Å²) in [6.45, 7) is 0. The van der Waals surface area contributed by atoms with Crippen LogP contribution in [0.1, 0.15) is 17.7 Å². The van der Waals surface area contributed by atoms with Gasteiger partial charge in [-0.15, -0.1) is 23.7 Å². The molecule has 3 atom stereocenters. The summed E-state index contributed by atoms with van der Waals surface area (Å²) in [4.78, 5) is 10.9. The third kappa shape index (κ3) is 3.90. The molecule has 0 aromatic carbocycles. The number of hydrogen-bond donors (Lipinski definition) is 2. The summed E-state index contributed by atoms with van der Waals surface area (Å²) in [7, 11) is 1.82. The molecular weight excluding hydrogens is 365 g/mol. The van der Waals surface area contributed by atoms with Crippen LogP contribution in [0.5, 0.6) is 0 Å². The van der Waals surface area contributed by atoms with Crippen molar-refractivity contribution in [1.29, 1.82) is 0 Å². The molecule has 0 unspecified atom stereocenters. The summed E-state index contributed by atoms with van der Waals surface area (Å²) >= 11 is 1.03. The van der Waals surface area contributed by atoms with Gasteiger partial charge in [0.15, 0.2) is 0 Å². The second kappa shape index (κ2) is 6.99. The van der Waals surface area contributed by atoms with Crippen LogP contribution in [0.4, 0.5) is 19.0 Å². The number of aliphatic hydroxyl groups excluding tert-OH is 1. The van der Waals surface area contributed by atoms with Gasteiger partial charge >= 0.3 is 6.18 Å². The fourth-order valence-corrected chi connectivity index (χ4v) is 3.99. The lowest BCUT2D eigenvalue weighted by molar-refractivity contribution is -0.126. The minimum absolute atomic E-state index is 0. The predicted octanol–water partition coefficient (Wildman–Crippen LogP) is 2.50. The summed E-state index contributed by atoms with van der Waals surface area (Å²) in [5, 5.41) is 10.4. The molecule has 2 aromatic rings. The van der Waals surface area contributed by atoms with Crippen molar-refractivity contribution in [2.45, 2.75) is 43.6 Å². The van der Waals surface area contributed by atoms with E-state index in [-0.39, 0.29) is 29.4 Å². The van der Waals surface area contributed by atoms with Crippen LogP contribution in [0.3, 0.4) is 0 Å². The maximum absolute atomic E-state index is 12.6. The highest BCUT2D eigenvalue weighted by molar-refractivity contribution is 7.18. The number of aliphatic hydroxyl groups is 1. The van der Waals surface area contributed by atoms with Crippen molar-refractivity contribution >= 4 is 39.8 Å². The Morgan fingerprint density at radius 2 is 2.08 bits per heavy atom. The van der Waals surface area contributed by atoms with E-state index in [9.17, 15) is 18.3 Å². The minimum atomic E-state index is -4.25. The maximum atomic E-state index is 12.6. The molecule has 10 heteroatoms. The SMILES string of the molecule is CN(c1ncnc2sc(CC(F)(F)F)cc12)[C@H]1C[C@@H](N)[C@@H](O)C1.Cl. The number of anilines is 1. The minimum Gasteiger partial charge on any atom is -0.391 e. The van der Waals surface area contributed by atoms with Gasteiger partial charge in [0, 0.05) is 24.0 Å². The van der Waals surface area contributed by atoms with Gasteiger partial charge in [0.1, 0.15) is 17.0 Å². The van der Waals surface area contributed by atoms with E-state index in [1.807, 2.05) is 11.9 Å². The van der Waals surface area contributed by atoms with E-state index < -0.39 is 18.7 Å². The molecule has 1 aliphatic rings. The molecule has 3 rings (SSSR count). The smallest absolute Gasteiger partial charge is 0.391 e. The third-order valence-corrected chi connectivity index (χ3v) is 5.21. The highest BCUT2D eigenvalue weighted by Crippen LogP contribution is 2.35. The topological polar surface area (TPSA) is 75.3 Å². The maximum Gasteiger partial charge on any atom is 0.393 e. The van der Waals surface area contributed by atoms with Crippen LogP contribution in [0.2, 0.25) is 0 Å². The number of hydrogen-bond acceptors (Lipinski definition) is 6. The van der Waals surface area contributed by atoms with E-state index in [0.29, 0.717) is 28.9 Å². The Morgan fingerprint density at radius 3 is 2.67 bits per heavy atom. The number of halogens is 4. The van der Waals surface area contributed by atoms with Crippen molar-refractivity contribution in [3.05, 3.63) is 17.3 Å². The second-order valence-corrected chi connectivity index (χ2v) is 7.00. The molecule has 0 saturated heterocycles. The Bertz CT molecular complexity index is 701. The van der Waals surface area contributed by atoms with E-state index in [4.69, 9.17) is 5.73 Å². The summed E-state index contributed by atoms with van der Waals surface area (Å²) in [6, 6.07) is 1.22. The molecule has 2 aromatic heterocycles. The number of rotatable bonds is 3. The van der Waals surface area contributed by atoms with E-state index in [1.54, 1.807) is 0 Å². The van der Waals surface area contributed by atoms with Crippen molar-refractivity contribution < 1.29 is 18.3 Å². The van der Waals surface area contributed by atoms with Crippen LogP contribution in [-0.4, -0.2) is 46.5 Å². The zero-order chi connectivity index (χ0) is 16.8. The normalized spacial score (nSPS) is 24.2. The lowest BCUT2D eigenvalue weighted by Crippen LogP contribution is -2.31. The molecule has 0 amide bonds. The Hall–Kier alpha value is -1.16. The average Bonchev–Trinajstić information content (AvgIpc) is 2.99. The first kappa shape index (κ1) is 19.2. The lowest BCUT2D eigenvalue weighted by atomic mass is 10.2. The van der Waals surface area contributed by atoms with Gasteiger partial charge < -0.3 is 15.7 Å². The van der Waals surface area contributed by atoms with Gasteiger partial charge in [-0.3, -0.25) is 0 Å². The lowest BCUT2D eigenvalue weighted by Gasteiger charge is -2.25. The zero-order valence-electron chi connectivity index (χ0n) is 12.8. The van der Waals surface area contributed by atoms with Crippen LogP contribution >= 0.6 is 23.7 Å². The molecule has 0 bridgehead atoms. The second-order valence-electron chi connectivity index (χ2n) is 5.89. The van der Waals surface area contributed by atoms with Crippen LogP contribution < -0.4 is 10.6 Å². The number of alkyl halides is 3. The Kier molecular flexibility index (Phi) is 5.58. The summed E-state index contributed by atoms with van der Waals surface area (Å²) < 4.78 is 37.7. The summed E-state index contributed by atoms with van der Waals surface area (Å²) in [5.74, 6) is 0.575. The monoisotopic (exact) mass is 382 g/mol. The molecule has 0 spiro atoms. The van der Waals surface area contributed by atoms with E-state index in [2.05, 4.69) is 9.97 Å². The third-order valence-electron chi connectivity index (χ3n) is 4.17. The number of aromatic nitrogens is 2. The Balaban J connectivity index is 0.00000208. The van der Waals surface area contributed by atoms with Gasteiger partial charge in [0.2, 0.25) is 0 Å². The van der Waals surface area contributed by atoms with Gasteiger partial charge in [-0.1, -0.05) is 0 Å². The van der Waals surface area contributed by atoms with Crippen molar-refractivity contribution in [2.75, 3.05) is 11.9 Å². The number of nitrogens with two attached hydrogens (primary N) is 1. The molecule has 5 nitrogen and oxygen atoms in total. The molecule has 2 heterocycles. The fourth-order valence-electron chi connectivity index (χ4n) is 2.97. The predicted molar refractivity (Wildman–Crippen MR) is 89.8 cm³/mol. The molecule has 3 N–H and O–H groups in total. The molecule has 1 saturated carbocycles. The molecule has 134 valence electrons. The molecule has 1 aliphatic carbocycles. The standard InChI is InChI=1S/C14H17F3N4OS.ClH/c1-21(7-2-10(18)11(22)3-7)12-9-4-8(5-14(15,16)17)23-13(9)20-6-19-12;/h4,6-7,10-11,22H,2-3,5,18H2,1H3;1H/t7-,10+,11-;/m0./s1. The van der Waals surface area contributed by atoms with Crippen molar-refractivity contribution in [3.63, 3.8) is 0 Å². The van der Waals surface area contributed by atoms with Crippen molar-refractivity contribution in [3.8, 4) is 0 Å². The first-order chi connectivity index (χ1) is 10.7. The van der Waals surface area contributed by atoms with Gasteiger partial charge in [0.25, 0.3) is 0 Å². The first-order valence-corrected chi connectivity index (χ1v) is 8.03. The Morgan fingerprint density at radius 1 is 1.38 bits per heavy atom. The molecular formula is C14H18ClF3N4OS. The van der Waals surface area contributed by atoms with Crippen molar-refractivity contribution in [1.82, 2.24) is 9.97 Å². The number of thiophene rings is 1. The first-order valence-electron chi connectivity index (χ1n) is 7.21. The van der Waals surface area contributed by atoms with Crippen LogP contribution in [-0.2, 0) is 6.42 Å². The van der Waals surface area contributed by atoms with Gasteiger partial charge in [-0.2, -0.15) is 13.2 Å². The largest absolute Gasteiger partial charge is 0.393 e. The Labute approximate surface area is 147 Å². The molecule has 0 radical (unpaired) electrons. The zero-order valence-corrected chi connectivity index (χ0v) is 14.5. The summed E-state index contributed by atoms with van der Waals surface area (Å²) in [6.07, 6.45) is -3.30. The van der Waals surface area contributed by atoms with Crippen molar-refractivity contribution in [2.24, 2.45) is 5.73 Å².